The molecule has 0 spiro atoms. The Balaban J connectivity index is 0.972. The third-order valence-electron chi connectivity index (χ3n) is 10.2. The van der Waals surface area contributed by atoms with Crippen LogP contribution in [0, 0.1) is 11.8 Å². The highest BCUT2D eigenvalue weighted by molar-refractivity contribution is 6.32. The van der Waals surface area contributed by atoms with E-state index in [2.05, 4.69) is 75.8 Å². The molecule has 0 aliphatic heterocycles. The number of nitrogens with one attached hydrogen (secondary N) is 5. The average molecular weight is 732 g/mol. The molecule has 6 aromatic rings. The summed E-state index contributed by atoms with van der Waals surface area (Å²) in [6.07, 6.45) is 14.4. The molecule has 6 aromatic heterocycles. The highest BCUT2D eigenvalue weighted by Gasteiger charge is 2.35. The van der Waals surface area contributed by atoms with Gasteiger partial charge in [0.15, 0.2) is 10.3 Å². The van der Waals surface area contributed by atoms with E-state index in [1.165, 1.54) is 25.7 Å². The van der Waals surface area contributed by atoms with Gasteiger partial charge in [-0.2, -0.15) is 30.1 Å². The zero-order valence-electron chi connectivity index (χ0n) is 29.5. The average Bonchev–Trinajstić information content (AvgIpc) is 3.95. The lowest BCUT2D eigenvalue weighted by atomic mass is 10.0. The van der Waals surface area contributed by atoms with Crippen LogP contribution in [0.3, 0.4) is 0 Å². The summed E-state index contributed by atoms with van der Waals surface area (Å²) in [7, 11) is 2.14. The number of aromatic nitrogens is 10. The lowest BCUT2D eigenvalue weighted by molar-refractivity contribution is 0.403. The van der Waals surface area contributed by atoms with Crippen LogP contribution in [0.1, 0.15) is 78.3 Å². The van der Waals surface area contributed by atoms with Crippen molar-refractivity contribution < 1.29 is 0 Å². The fourth-order valence-electron chi connectivity index (χ4n) is 6.85. The predicted octanol–water partition coefficient (Wildman–Crippen LogP) is 8.46. The highest BCUT2D eigenvalue weighted by atomic mass is 35.5. The summed E-state index contributed by atoms with van der Waals surface area (Å²) in [4.78, 5) is 28.1. The second kappa shape index (κ2) is 13.5. The molecule has 268 valence electrons. The molecule has 2 aliphatic carbocycles. The summed E-state index contributed by atoms with van der Waals surface area (Å²) in [6.45, 7) is 8.50. The Bertz CT molecular complexity index is 2160. The Labute approximate surface area is 306 Å². The molecule has 2 fully saturated rings. The summed E-state index contributed by atoms with van der Waals surface area (Å²) in [6, 6.07) is 4.95. The maximum atomic E-state index is 6.69. The van der Waals surface area contributed by atoms with Gasteiger partial charge in [0.25, 0.3) is 0 Å². The smallest absolute Gasteiger partial charge is 0.231 e. The number of rotatable bonds is 15. The van der Waals surface area contributed by atoms with Gasteiger partial charge in [0.05, 0.1) is 34.5 Å². The summed E-state index contributed by atoms with van der Waals surface area (Å²) in [5.74, 6) is 3.88. The molecular formula is C35H44Cl2N14. The number of anilines is 6. The molecule has 3 atom stereocenters. The van der Waals surface area contributed by atoms with Crippen molar-refractivity contribution in [2.75, 3.05) is 27.9 Å². The number of hydrogen-bond donors (Lipinski definition) is 5. The number of aromatic amines is 2. The molecule has 5 N–H and O–H groups in total. The van der Waals surface area contributed by atoms with Gasteiger partial charge < -0.3 is 30.8 Å². The molecule has 2 aliphatic rings. The van der Waals surface area contributed by atoms with Gasteiger partial charge in [0.1, 0.15) is 22.9 Å². The van der Waals surface area contributed by atoms with Gasteiger partial charge in [0.2, 0.25) is 11.9 Å². The van der Waals surface area contributed by atoms with Crippen molar-refractivity contribution >= 4 is 80.2 Å². The van der Waals surface area contributed by atoms with Gasteiger partial charge in [-0.05, 0) is 90.2 Å². The molecule has 0 aromatic carbocycles. The molecule has 16 heteroatoms. The minimum absolute atomic E-state index is 0.102. The summed E-state index contributed by atoms with van der Waals surface area (Å²) < 4.78 is 3.76. The van der Waals surface area contributed by atoms with E-state index in [4.69, 9.17) is 43.1 Å². The van der Waals surface area contributed by atoms with E-state index in [-0.39, 0.29) is 18.1 Å². The molecule has 51 heavy (non-hydrogen) atoms. The Hall–Kier alpha value is -4.56. The number of hydrogen-bond acceptors (Lipinski definition) is 10. The SMILES string of the molecule is CC(C)n1cc(Nc2nc(N(C)[C@@H](CCC(C)n3cc(Nc4nc(N[C@@H](C)C5CC5)c5cc[nH]c5n4)c(Cl)n3)C3CC3)c3cc[nH]c3n2)c(Cl)n1. The van der Waals surface area contributed by atoms with Crippen LogP contribution in [-0.2, 0) is 0 Å². The van der Waals surface area contributed by atoms with Crippen LogP contribution < -0.4 is 20.9 Å². The third kappa shape index (κ3) is 7.03. The Morgan fingerprint density at radius 3 is 2.00 bits per heavy atom. The molecule has 2 saturated carbocycles. The van der Waals surface area contributed by atoms with Gasteiger partial charge in [-0.3, -0.25) is 9.36 Å². The van der Waals surface area contributed by atoms with Crippen LogP contribution >= 0.6 is 23.2 Å². The van der Waals surface area contributed by atoms with Crippen LogP contribution in [0.25, 0.3) is 22.1 Å². The lowest BCUT2D eigenvalue weighted by Gasteiger charge is -2.31. The summed E-state index contributed by atoms with van der Waals surface area (Å²) in [5.41, 5.74) is 2.86. The molecule has 0 bridgehead atoms. The van der Waals surface area contributed by atoms with E-state index in [0.29, 0.717) is 51.5 Å². The minimum atomic E-state index is 0.102. The topological polar surface area (TPSA) is 158 Å². The third-order valence-corrected chi connectivity index (χ3v) is 10.8. The normalized spacial score (nSPS) is 16.5. The second-order valence-corrected chi connectivity index (χ2v) is 15.1. The number of H-pyrrole nitrogens is 2. The first kappa shape index (κ1) is 33.6. The van der Waals surface area contributed by atoms with Crippen LogP contribution in [0.2, 0.25) is 10.3 Å². The first-order valence-corrected chi connectivity index (χ1v) is 18.6. The van der Waals surface area contributed by atoms with Crippen molar-refractivity contribution in [3.63, 3.8) is 0 Å². The van der Waals surface area contributed by atoms with Crippen LogP contribution in [-0.4, -0.2) is 68.6 Å². The van der Waals surface area contributed by atoms with Crippen LogP contribution in [0.15, 0.2) is 36.9 Å². The molecule has 6 heterocycles. The summed E-state index contributed by atoms with van der Waals surface area (Å²) in [5, 5.41) is 22.0. The fraction of sp³-hybridized carbons (Fsp3) is 0.486. The van der Waals surface area contributed by atoms with Gasteiger partial charge in [-0.1, -0.05) is 23.2 Å². The molecule has 0 saturated heterocycles. The van der Waals surface area contributed by atoms with Crippen LogP contribution in [0.5, 0.6) is 0 Å². The van der Waals surface area contributed by atoms with Crippen molar-refractivity contribution in [1.29, 1.82) is 0 Å². The first-order valence-electron chi connectivity index (χ1n) is 17.8. The molecular weight excluding hydrogens is 687 g/mol. The number of nitrogens with zero attached hydrogens (tertiary/aromatic N) is 9. The van der Waals surface area contributed by atoms with E-state index in [9.17, 15) is 0 Å². The van der Waals surface area contributed by atoms with Crippen LogP contribution in [0.4, 0.5) is 34.9 Å². The largest absolute Gasteiger partial charge is 0.367 e. The monoisotopic (exact) mass is 730 g/mol. The Kier molecular flexibility index (Phi) is 8.91. The Morgan fingerprint density at radius 2 is 1.37 bits per heavy atom. The standard InChI is InChI=1S/C35H44Cl2N14/c1-18(2)50-16-25(28(36)47-50)42-35-44-31-24(13-15-39-31)33(46-35)49(5)27(22-9-10-22)11-6-19(3)51-17-26(29(37)48-51)41-34-43-30-23(12-14-38-30)32(45-34)40-20(4)21-7-8-21/h12-22,27H,6-11H2,1-5H3,(H2,39,42,44,46)(H3,38,40,41,43,45)/t19?,20-,27-/m0/s1. The van der Waals surface area contributed by atoms with Crippen molar-refractivity contribution in [3.05, 3.63) is 47.2 Å². The van der Waals surface area contributed by atoms with Gasteiger partial charge >= 0.3 is 0 Å². The molecule has 14 nitrogen and oxygen atoms in total. The van der Waals surface area contributed by atoms with Crippen molar-refractivity contribution in [3.8, 4) is 0 Å². The second-order valence-electron chi connectivity index (χ2n) is 14.4. The molecule has 1 unspecified atom stereocenters. The predicted molar refractivity (Wildman–Crippen MR) is 204 cm³/mol. The van der Waals surface area contributed by atoms with Crippen molar-refractivity contribution in [1.82, 2.24) is 49.5 Å². The summed E-state index contributed by atoms with van der Waals surface area (Å²) >= 11 is 13.2. The van der Waals surface area contributed by atoms with E-state index in [0.717, 1.165) is 46.5 Å². The fourth-order valence-corrected chi connectivity index (χ4v) is 7.22. The quantitative estimate of drug-likeness (QED) is 0.0694. The maximum absolute atomic E-state index is 6.69. The van der Waals surface area contributed by atoms with Gasteiger partial charge in [-0.15, -0.1) is 0 Å². The van der Waals surface area contributed by atoms with E-state index in [1.54, 1.807) is 0 Å². The highest BCUT2D eigenvalue weighted by Crippen LogP contribution is 2.41. The molecule has 0 amide bonds. The van der Waals surface area contributed by atoms with Gasteiger partial charge in [-0.25, -0.2) is 0 Å². The molecule has 8 rings (SSSR count). The van der Waals surface area contributed by atoms with E-state index >= 15 is 0 Å². The number of halogens is 2. The van der Waals surface area contributed by atoms with E-state index < -0.39 is 0 Å². The number of fused-ring (bicyclic) bond motifs is 2. The molecule has 0 radical (unpaired) electrons. The first-order chi connectivity index (χ1) is 24.6. The minimum Gasteiger partial charge on any atom is -0.367 e. The maximum Gasteiger partial charge on any atom is 0.231 e. The van der Waals surface area contributed by atoms with Crippen molar-refractivity contribution in [2.45, 2.75) is 90.4 Å². The van der Waals surface area contributed by atoms with Crippen molar-refractivity contribution in [2.24, 2.45) is 11.8 Å². The van der Waals surface area contributed by atoms with Gasteiger partial charge in [0, 0.05) is 43.6 Å². The van der Waals surface area contributed by atoms with E-state index in [1.807, 2.05) is 46.3 Å². The lowest BCUT2D eigenvalue weighted by Crippen LogP contribution is -2.35. The zero-order chi connectivity index (χ0) is 35.4. The Morgan fingerprint density at radius 1 is 0.784 bits per heavy atom. The zero-order valence-corrected chi connectivity index (χ0v) is 31.0.